The van der Waals surface area contributed by atoms with Crippen LogP contribution in [0.3, 0.4) is 0 Å². The average Bonchev–Trinajstić information content (AvgIpc) is 3.04. The molecule has 0 aliphatic rings. The molecule has 2 aromatic carbocycles. The number of amides is 2. The van der Waals surface area contributed by atoms with E-state index in [0.29, 0.717) is 28.9 Å². The predicted molar refractivity (Wildman–Crippen MR) is 112 cm³/mol. The lowest BCUT2D eigenvalue weighted by Crippen LogP contribution is -2.24. The van der Waals surface area contributed by atoms with E-state index in [1.54, 1.807) is 36.4 Å². The number of carbonyl (C=O) groups is 2. The fourth-order valence-electron chi connectivity index (χ4n) is 2.89. The molecule has 7 nitrogen and oxygen atoms in total. The second-order valence-electron chi connectivity index (χ2n) is 6.51. The van der Waals surface area contributed by atoms with Crippen molar-refractivity contribution < 1.29 is 14.7 Å². The van der Waals surface area contributed by atoms with Crippen molar-refractivity contribution in [3.63, 3.8) is 0 Å². The van der Waals surface area contributed by atoms with Crippen LogP contribution in [0.4, 0.5) is 5.69 Å². The SMILES string of the molecule is O=C(CCCCCNC(=O)c1ccccc1Cl)N=Nc1c(O)[nH]c2ccccc12. The molecule has 0 aliphatic carbocycles. The molecule has 0 fully saturated rings. The van der Waals surface area contributed by atoms with E-state index in [9.17, 15) is 14.7 Å². The molecule has 3 N–H and O–H groups in total. The Bertz CT molecular complexity index is 1050. The molecule has 0 aliphatic heterocycles. The number of carbonyl (C=O) groups excluding carboxylic acids is 2. The first-order chi connectivity index (χ1) is 14.1. The minimum Gasteiger partial charge on any atom is -0.493 e. The molecule has 0 bridgehead atoms. The van der Waals surface area contributed by atoms with Gasteiger partial charge < -0.3 is 15.4 Å². The Labute approximate surface area is 172 Å². The van der Waals surface area contributed by atoms with Gasteiger partial charge in [-0.2, -0.15) is 0 Å². The summed E-state index contributed by atoms with van der Waals surface area (Å²) in [4.78, 5) is 26.7. The smallest absolute Gasteiger partial charge is 0.264 e. The highest BCUT2D eigenvalue weighted by molar-refractivity contribution is 6.33. The van der Waals surface area contributed by atoms with Crippen LogP contribution < -0.4 is 5.32 Å². The van der Waals surface area contributed by atoms with E-state index in [2.05, 4.69) is 20.5 Å². The summed E-state index contributed by atoms with van der Waals surface area (Å²) in [6.07, 6.45) is 2.40. The maximum absolute atomic E-state index is 12.0. The highest BCUT2D eigenvalue weighted by Crippen LogP contribution is 2.35. The summed E-state index contributed by atoms with van der Waals surface area (Å²) in [5, 5.41) is 21.4. The molecule has 0 atom stereocenters. The number of hydrogen-bond donors (Lipinski definition) is 3. The van der Waals surface area contributed by atoms with E-state index in [-0.39, 0.29) is 29.8 Å². The first-order valence-electron chi connectivity index (χ1n) is 9.33. The third kappa shape index (κ3) is 5.42. The molecule has 0 unspecified atom stereocenters. The summed E-state index contributed by atoms with van der Waals surface area (Å²) >= 11 is 5.99. The van der Waals surface area contributed by atoms with Crippen LogP contribution in [0.15, 0.2) is 58.8 Å². The van der Waals surface area contributed by atoms with Crippen LogP contribution in [-0.2, 0) is 4.79 Å². The number of azo groups is 1. The number of aromatic amines is 1. The molecule has 1 aromatic heterocycles. The van der Waals surface area contributed by atoms with Crippen LogP contribution in [0.2, 0.25) is 5.02 Å². The molecule has 0 radical (unpaired) electrons. The Morgan fingerprint density at radius 3 is 2.62 bits per heavy atom. The van der Waals surface area contributed by atoms with Gasteiger partial charge in [-0.05, 0) is 31.0 Å². The second kappa shape index (κ2) is 9.84. The minimum absolute atomic E-state index is 0.114. The number of hydrogen-bond acceptors (Lipinski definition) is 4. The summed E-state index contributed by atoms with van der Waals surface area (Å²) in [6, 6.07) is 14.1. The Morgan fingerprint density at radius 1 is 1.03 bits per heavy atom. The van der Waals surface area contributed by atoms with Crippen molar-refractivity contribution in [3.05, 3.63) is 59.1 Å². The lowest BCUT2D eigenvalue weighted by atomic mass is 10.1. The summed E-state index contributed by atoms with van der Waals surface area (Å²) in [5.41, 5.74) is 1.44. The minimum atomic E-state index is -0.352. The third-order valence-corrected chi connectivity index (χ3v) is 4.72. The number of nitrogens with one attached hydrogen (secondary N) is 2. The fourth-order valence-corrected chi connectivity index (χ4v) is 3.11. The van der Waals surface area contributed by atoms with Gasteiger partial charge in [-0.25, -0.2) is 0 Å². The Kier molecular flexibility index (Phi) is 6.97. The Hall–Kier alpha value is -3.19. The van der Waals surface area contributed by atoms with Crippen molar-refractivity contribution in [1.29, 1.82) is 0 Å². The summed E-state index contributed by atoms with van der Waals surface area (Å²) < 4.78 is 0. The first-order valence-corrected chi connectivity index (χ1v) is 9.71. The van der Waals surface area contributed by atoms with Gasteiger partial charge in [0.15, 0.2) is 5.69 Å². The van der Waals surface area contributed by atoms with Crippen LogP contribution in [-0.4, -0.2) is 28.4 Å². The molecule has 0 saturated carbocycles. The van der Waals surface area contributed by atoms with Gasteiger partial charge in [0.2, 0.25) is 5.88 Å². The maximum atomic E-state index is 12.0. The van der Waals surface area contributed by atoms with Gasteiger partial charge in [-0.1, -0.05) is 48.4 Å². The zero-order chi connectivity index (χ0) is 20.6. The molecule has 1 heterocycles. The largest absolute Gasteiger partial charge is 0.493 e. The maximum Gasteiger partial charge on any atom is 0.264 e. The van der Waals surface area contributed by atoms with Gasteiger partial charge in [0.25, 0.3) is 11.8 Å². The van der Waals surface area contributed by atoms with E-state index in [4.69, 9.17) is 11.6 Å². The van der Waals surface area contributed by atoms with Gasteiger partial charge in [0.05, 0.1) is 16.1 Å². The Morgan fingerprint density at radius 2 is 1.79 bits per heavy atom. The quantitative estimate of drug-likeness (QED) is 0.352. The molecule has 150 valence electrons. The van der Waals surface area contributed by atoms with Crippen molar-refractivity contribution in [2.45, 2.75) is 25.7 Å². The number of unbranched alkanes of at least 4 members (excludes halogenated alkanes) is 2. The van der Waals surface area contributed by atoms with E-state index < -0.39 is 0 Å². The van der Waals surface area contributed by atoms with Crippen LogP contribution >= 0.6 is 11.6 Å². The van der Waals surface area contributed by atoms with Gasteiger partial charge in [-0.3, -0.25) is 9.59 Å². The van der Waals surface area contributed by atoms with Crippen molar-refractivity contribution in [2.75, 3.05) is 6.54 Å². The molecule has 0 spiro atoms. The van der Waals surface area contributed by atoms with Crippen molar-refractivity contribution in [1.82, 2.24) is 10.3 Å². The monoisotopic (exact) mass is 412 g/mol. The summed E-state index contributed by atoms with van der Waals surface area (Å²) in [5.74, 6) is -0.675. The van der Waals surface area contributed by atoms with Crippen LogP contribution in [0.5, 0.6) is 5.88 Å². The number of nitrogens with zero attached hydrogens (tertiary/aromatic N) is 2. The number of para-hydroxylation sites is 1. The first kappa shape index (κ1) is 20.5. The van der Waals surface area contributed by atoms with Crippen LogP contribution in [0.1, 0.15) is 36.0 Å². The van der Waals surface area contributed by atoms with Gasteiger partial charge in [0.1, 0.15) is 0 Å². The number of halogens is 1. The zero-order valence-electron chi connectivity index (χ0n) is 15.7. The van der Waals surface area contributed by atoms with Gasteiger partial charge >= 0.3 is 0 Å². The standard InChI is InChI=1S/C21H21ClN4O3/c22-16-10-5-3-8-14(16)20(28)23-13-7-1-2-12-18(27)25-26-19-15-9-4-6-11-17(15)24-21(19)29/h3-6,8-11,24,29H,1-2,7,12-13H2,(H,23,28). The van der Waals surface area contributed by atoms with Crippen LogP contribution in [0, 0.1) is 0 Å². The molecule has 3 aromatic rings. The van der Waals surface area contributed by atoms with E-state index in [1.807, 2.05) is 12.1 Å². The van der Waals surface area contributed by atoms with E-state index >= 15 is 0 Å². The number of aromatic nitrogens is 1. The number of fused-ring (bicyclic) bond motifs is 1. The zero-order valence-corrected chi connectivity index (χ0v) is 16.4. The molecular weight excluding hydrogens is 392 g/mol. The highest BCUT2D eigenvalue weighted by atomic mass is 35.5. The molecule has 0 saturated heterocycles. The fraction of sp³-hybridized carbons (Fsp3) is 0.238. The molecule has 29 heavy (non-hydrogen) atoms. The van der Waals surface area contributed by atoms with Crippen molar-refractivity contribution in [3.8, 4) is 5.88 Å². The molecule has 3 rings (SSSR count). The van der Waals surface area contributed by atoms with Crippen molar-refractivity contribution >= 4 is 40.0 Å². The number of benzene rings is 2. The summed E-state index contributed by atoms with van der Waals surface area (Å²) in [7, 11) is 0. The Balaban J connectivity index is 1.38. The molecular formula is C21H21ClN4O3. The normalized spacial score (nSPS) is 11.2. The van der Waals surface area contributed by atoms with E-state index in [0.717, 1.165) is 18.4 Å². The van der Waals surface area contributed by atoms with Gasteiger partial charge in [-0.15, -0.1) is 10.2 Å². The lowest BCUT2D eigenvalue weighted by molar-refractivity contribution is -0.118. The topological polar surface area (TPSA) is 107 Å². The van der Waals surface area contributed by atoms with Crippen molar-refractivity contribution in [2.24, 2.45) is 10.2 Å². The summed E-state index contributed by atoms with van der Waals surface area (Å²) in [6.45, 7) is 0.503. The average molecular weight is 413 g/mol. The molecule has 8 heteroatoms. The lowest BCUT2D eigenvalue weighted by Gasteiger charge is -2.06. The third-order valence-electron chi connectivity index (χ3n) is 4.39. The predicted octanol–water partition coefficient (Wildman–Crippen LogP) is 5.13. The van der Waals surface area contributed by atoms with E-state index in [1.165, 1.54) is 0 Å². The highest BCUT2D eigenvalue weighted by Gasteiger charge is 2.10. The molecule has 2 amide bonds. The number of rotatable bonds is 8. The number of aromatic hydroxyl groups is 1. The number of H-pyrrole nitrogens is 1. The van der Waals surface area contributed by atoms with Crippen LogP contribution in [0.25, 0.3) is 10.9 Å². The van der Waals surface area contributed by atoms with Gasteiger partial charge in [0, 0.05) is 18.4 Å². The second-order valence-corrected chi connectivity index (χ2v) is 6.92.